The second kappa shape index (κ2) is 8.26. The second-order valence-corrected chi connectivity index (χ2v) is 12.0. The lowest BCUT2D eigenvalue weighted by Crippen LogP contribution is -2.61. The molecule has 2 aliphatic rings. The molecular weight excluding hydrogens is 494 g/mol. The molecule has 1 saturated heterocycles. The van der Waals surface area contributed by atoms with Gasteiger partial charge in [0.05, 0.1) is 28.9 Å². The quantitative estimate of drug-likeness (QED) is 0.585. The lowest BCUT2D eigenvalue weighted by molar-refractivity contribution is 0.0216. The largest absolute Gasteiger partial charge is 0.444 e. The highest BCUT2D eigenvalue weighted by atomic mass is 79.9. The Morgan fingerprint density at radius 3 is 2.50 bits per heavy atom. The number of sulfonamides is 1. The highest BCUT2D eigenvalue weighted by Crippen LogP contribution is 2.41. The number of halogens is 1. The number of amides is 1. The van der Waals surface area contributed by atoms with E-state index in [9.17, 15) is 13.2 Å². The SMILES string of the molecule is Cc1cccc(S(=O)(=O)N2C[C@H]3CN(C(=O)OC(C)(C)C)CCN3c3ccc(Br)cc32)c1. The molecule has 1 atom stereocenters. The van der Waals surface area contributed by atoms with Gasteiger partial charge in [-0.15, -0.1) is 0 Å². The van der Waals surface area contributed by atoms with Crippen molar-refractivity contribution in [1.29, 1.82) is 0 Å². The topological polar surface area (TPSA) is 70.2 Å². The Kier molecular flexibility index (Phi) is 5.92. The number of benzene rings is 2. The van der Waals surface area contributed by atoms with E-state index in [4.69, 9.17) is 4.74 Å². The number of rotatable bonds is 2. The molecule has 32 heavy (non-hydrogen) atoms. The fraction of sp³-hybridized carbons (Fsp3) is 0.435. The number of aryl methyl sites for hydroxylation is 1. The molecule has 2 aromatic carbocycles. The van der Waals surface area contributed by atoms with Crippen molar-refractivity contribution in [2.24, 2.45) is 0 Å². The fourth-order valence-electron chi connectivity index (χ4n) is 4.18. The highest BCUT2D eigenvalue weighted by Gasteiger charge is 2.41. The second-order valence-electron chi connectivity index (χ2n) is 9.26. The summed E-state index contributed by atoms with van der Waals surface area (Å²) in [6.45, 7) is 9.16. The van der Waals surface area contributed by atoms with Gasteiger partial charge < -0.3 is 14.5 Å². The number of hydrogen-bond donors (Lipinski definition) is 0. The van der Waals surface area contributed by atoms with Crippen molar-refractivity contribution in [2.45, 2.75) is 44.2 Å². The zero-order chi connectivity index (χ0) is 23.3. The summed E-state index contributed by atoms with van der Waals surface area (Å²) < 4.78 is 35.2. The molecule has 1 fully saturated rings. The molecule has 1 amide bonds. The van der Waals surface area contributed by atoms with E-state index in [-0.39, 0.29) is 23.6 Å². The Hall–Kier alpha value is -2.26. The van der Waals surface area contributed by atoms with Crippen LogP contribution in [0.5, 0.6) is 0 Å². The van der Waals surface area contributed by atoms with E-state index in [1.54, 1.807) is 23.1 Å². The molecule has 2 aliphatic heterocycles. The molecule has 0 saturated carbocycles. The van der Waals surface area contributed by atoms with Crippen LogP contribution in [0.3, 0.4) is 0 Å². The maximum absolute atomic E-state index is 13.7. The Morgan fingerprint density at radius 1 is 1.06 bits per heavy atom. The van der Waals surface area contributed by atoms with Gasteiger partial charge in [-0.25, -0.2) is 13.2 Å². The van der Waals surface area contributed by atoms with Crippen LogP contribution in [0.1, 0.15) is 26.3 Å². The lowest BCUT2D eigenvalue weighted by Gasteiger charge is -2.49. The van der Waals surface area contributed by atoms with Gasteiger partial charge in [0.15, 0.2) is 0 Å². The third-order valence-electron chi connectivity index (χ3n) is 5.60. The van der Waals surface area contributed by atoms with Crippen LogP contribution in [0.25, 0.3) is 0 Å². The van der Waals surface area contributed by atoms with Crippen LogP contribution >= 0.6 is 15.9 Å². The number of fused-ring (bicyclic) bond motifs is 3. The summed E-state index contributed by atoms with van der Waals surface area (Å²) in [4.78, 5) is 16.8. The highest BCUT2D eigenvalue weighted by molar-refractivity contribution is 9.10. The van der Waals surface area contributed by atoms with Crippen LogP contribution in [0.4, 0.5) is 16.2 Å². The zero-order valence-electron chi connectivity index (χ0n) is 18.7. The first-order chi connectivity index (χ1) is 15.0. The average molecular weight is 522 g/mol. The summed E-state index contributed by atoms with van der Waals surface area (Å²) in [5.74, 6) is 0. The summed E-state index contributed by atoms with van der Waals surface area (Å²) >= 11 is 3.49. The van der Waals surface area contributed by atoms with Crippen molar-refractivity contribution in [1.82, 2.24) is 4.90 Å². The van der Waals surface area contributed by atoms with Crippen LogP contribution < -0.4 is 9.21 Å². The van der Waals surface area contributed by atoms with E-state index in [0.717, 1.165) is 15.7 Å². The van der Waals surface area contributed by atoms with Crippen molar-refractivity contribution in [3.8, 4) is 0 Å². The van der Waals surface area contributed by atoms with Crippen LogP contribution in [-0.4, -0.2) is 57.2 Å². The lowest BCUT2D eigenvalue weighted by atomic mass is 10.1. The summed E-state index contributed by atoms with van der Waals surface area (Å²) in [7, 11) is -3.78. The molecule has 0 bridgehead atoms. The Labute approximate surface area is 198 Å². The first kappa shape index (κ1) is 22.9. The van der Waals surface area contributed by atoms with Gasteiger partial charge in [0.2, 0.25) is 0 Å². The summed E-state index contributed by atoms with van der Waals surface area (Å²) in [6.07, 6.45) is -0.369. The number of carbonyl (C=O) groups is 1. The van der Waals surface area contributed by atoms with Crippen molar-refractivity contribution >= 4 is 43.4 Å². The van der Waals surface area contributed by atoms with Gasteiger partial charge in [-0.1, -0.05) is 28.1 Å². The molecule has 0 spiro atoms. The summed E-state index contributed by atoms with van der Waals surface area (Å²) in [5, 5.41) is 0. The van der Waals surface area contributed by atoms with E-state index in [1.807, 2.05) is 52.0 Å². The molecule has 0 aliphatic carbocycles. The van der Waals surface area contributed by atoms with Crippen LogP contribution in [0.2, 0.25) is 0 Å². The van der Waals surface area contributed by atoms with Crippen LogP contribution in [-0.2, 0) is 14.8 Å². The maximum atomic E-state index is 13.7. The standard InChI is InChI=1S/C23H28BrN3O4S/c1-16-6-5-7-19(12-16)32(29,30)27-15-18-14-25(22(28)31-23(2,3)4)10-11-26(18)20-9-8-17(24)13-21(20)27/h5-9,12-13,18H,10-11,14-15H2,1-4H3/t18-/m1/s1. The van der Waals surface area contributed by atoms with Crippen molar-refractivity contribution in [3.63, 3.8) is 0 Å². The monoisotopic (exact) mass is 521 g/mol. The van der Waals surface area contributed by atoms with Crippen molar-refractivity contribution < 1.29 is 17.9 Å². The Bertz CT molecular complexity index is 1150. The minimum atomic E-state index is -3.78. The Morgan fingerprint density at radius 2 is 1.81 bits per heavy atom. The maximum Gasteiger partial charge on any atom is 0.410 e. The number of ether oxygens (including phenoxy) is 1. The smallest absolute Gasteiger partial charge is 0.410 e. The molecule has 2 heterocycles. The molecule has 172 valence electrons. The first-order valence-electron chi connectivity index (χ1n) is 10.6. The fourth-order valence-corrected chi connectivity index (χ4v) is 6.14. The number of anilines is 2. The number of nitrogens with zero attached hydrogens (tertiary/aromatic N) is 3. The number of hydrogen-bond acceptors (Lipinski definition) is 5. The third-order valence-corrected chi connectivity index (χ3v) is 7.87. The minimum absolute atomic E-state index is 0.176. The minimum Gasteiger partial charge on any atom is -0.444 e. The predicted octanol–water partition coefficient (Wildman–Crippen LogP) is 4.39. The van der Waals surface area contributed by atoms with Gasteiger partial charge in [-0.3, -0.25) is 4.31 Å². The normalized spacial score (nSPS) is 18.8. The average Bonchev–Trinajstić information content (AvgIpc) is 2.71. The molecule has 0 aromatic heterocycles. The van der Waals surface area contributed by atoms with Gasteiger partial charge in [0, 0.05) is 24.1 Å². The third kappa shape index (κ3) is 4.45. The number of carbonyl (C=O) groups excluding carboxylic acids is 1. The molecule has 9 heteroatoms. The molecule has 0 radical (unpaired) electrons. The van der Waals surface area contributed by atoms with E-state index < -0.39 is 15.6 Å². The van der Waals surface area contributed by atoms with E-state index in [0.29, 0.717) is 25.3 Å². The predicted molar refractivity (Wildman–Crippen MR) is 129 cm³/mol. The van der Waals surface area contributed by atoms with Gasteiger partial charge in [-0.2, -0.15) is 0 Å². The van der Waals surface area contributed by atoms with Crippen LogP contribution in [0.15, 0.2) is 51.8 Å². The summed E-state index contributed by atoms with van der Waals surface area (Å²) in [5.41, 5.74) is 1.79. The van der Waals surface area contributed by atoms with Gasteiger partial charge in [0.25, 0.3) is 10.0 Å². The zero-order valence-corrected chi connectivity index (χ0v) is 21.1. The van der Waals surface area contributed by atoms with Gasteiger partial charge >= 0.3 is 6.09 Å². The van der Waals surface area contributed by atoms with Crippen molar-refractivity contribution in [3.05, 3.63) is 52.5 Å². The molecular formula is C23H28BrN3O4S. The molecule has 7 nitrogen and oxygen atoms in total. The molecule has 0 unspecified atom stereocenters. The van der Waals surface area contributed by atoms with E-state index in [1.165, 1.54) is 4.31 Å². The molecule has 2 aromatic rings. The van der Waals surface area contributed by atoms with Gasteiger partial charge in [0.1, 0.15) is 5.60 Å². The van der Waals surface area contributed by atoms with E-state index in [2.05, 4.69) is 20.8 Å². The molecule has 4 rings (SSSR count). The first-order valence-corrected chi connectivity index (χ1v) is 12.8. The number of piperazine rings is 1. The van der Waals surface area contributed by atoms with Crippen molar-refractivity contribution in [2.75, 3.05) is 35.4 Å². The summed E-state index contributed by atoms with van der Waals surface area (Å²) in [6, 6.07) is 12.5. The Balaban J connectivity index is 1.70. The van der Waals surface area contributed by atoms with E-state index >= 15 is 0 Å². The van der Waals surface area contributed by atoms with Crippen LogP contribution in [0, 0.1) is 6.92 Å². The molecule has 0 N–H and O–H groups in total. The van der Waals surface area contributed by atoms with Gasteiger partial charge in [-0.05, 0) is 63.6 Å².